The number of hydrogen-bond donors (Lipinski definition) is 0. The SMILES string of the molecule is CCOC(=O)C1(C(F)(F)F)N(c2ccccc2)N=C(C(F)F)N1c1ccccc1. The largest absolute Gasteiger partial charge is 0.463 e. The van der Waals surface area contributed by atoms with Crippen molar-refractivity contribution in [1.29, 1.82) is 0 Å². The molecule has 29 heavy (non-hydrogen) atoms. The first-order valence-corrected chi connectivity index (χ1v) is 8.56. The number of alkyl halides is 5. The standard InChI is InChI=1S/C19H16F5N3O2/c1-2-29-17(28)18(19(22,23)24)26(13-9-5-3-6-10-13)16(15(20)21)25-27(18)14-11-7-4-8-12-14/h3-12,15H,2H2,1H3. The summed E-state index contributed by atoms with van der Waals surface area (Å²) in [6, 6.07) is 13.4. The summed E-state index contributed by atoms with van der Waals surface area (Å²) in [6.45, 7) is 0.942. The third kappa shape index (κ3) is 3.28. The lowest BCUT2D eigenvalue weighted by molar-refractivity contribution is -0.203. The molecule has 2 aromatic carbocycles. The molecule has 1 heterocycles. The Balaban J connectivity index is 2.36. The van der Waals surface area contributed by atoms with Gasteiger partial charge in [0.25, 0.3) is 6.43 Å². The molecule has 0 radical (unpaired) electrons. The zero-order valence-corrected chi connectivity index (χ0v) is 15.1. The molecule has 0 bridgehead atoms. The Morgan fingerprint density at radius 1 is 1.03 bits per heavy atom. The van der Waals surface area contributed by atoms with Gasteiger partial charge in [-0.25, -0.2) is 18.6 Å². The Morgan fingerprint density at radius 3 is 2.00 bits per heavy atom. The minimum absolute atomic E-state index is 0.197. The van der Waals surface area contributed by atoms with Gasteiger partial charge in [-0.3, -0.25) is 4.90 Å². The first-order chi connectivity index (χ1) is 13.7. The van der Waals surface area contributed by atoms with E-state index in [0.717, 1.165) is 0 Å². The Morgan fingerprint density at radius 2 is 1.55 bits per heavy atom. The molecule has 3 rings (SSSR count). The second-order valence-corrected chi connectivity index (χ2v) is 5.97. The summed E-state index contributed by atoms with van der Waals surface area (Å²) in [5.74, 6) is -2.98. The summed E-state index contributed by atoms with van der Waals surface area (Å²) < 4.78 is 76.2. The number of anilines is 2. The summed E-state index contributed by atoms with van der Waals surface area (Å²) >= 11 is 0. The van der Waals surface area contributed by atoms with E-state index < -0.39 is 30.1 Å². The van der Waals surface area contributed by atoms with Gasteiger partial charge in [-0.15, -0.1) is 5.10 Å². The predicted octanol–water partition coefficient (Wildman–Crippen LogP) is 4.41. The molecule has 0 aromatic heterocycles. The molecule has 5 nitrogen and oxygen atoms in total. The summed E-state index contributed by atoms with van der Waals surface area (Å²) in [6.07, 6.45) is -8.74. The fraction of sp³-hybridized carbons (Fsp3) is 0.263. The van der Waals surface area contributed by atoms with Gasteiger partial charge >= 0.3 is 17.8 Å². The molecule has 0 spiro atoms. The van der Waals surface area contributed by atoms with Crippen LogP contribution in [0.25, 0.3) is 0 Å². The molecule has 2 aromatic rings. The van der Waals surface area contributed by atoms with E-state index >= 15 is 0 Å². The summed E-state index contributed by atoms with van der Waals surface area (Å²) in [5, 5.41) is 3.79. The molecule has 1 unspecified atom stereocenters. The number of ether oxygens (including phenoxy) is 1. The van der Waals surface area contributed by atoms with Crippen LogP contribution in [0.4, 0.5) is 33.3 Å². The zero-order chi connectivity index (χ0) is 21.2. The van der Waals surface area contributed by atoms with E-state index in [-0.39, 0.29) is 27.9 Å². The number of halogens is 5. The summed E-state index contributed by atoms with van der Waals surface area (Å²) in [5.41, 5.74) is -4.12. The molecule has 0 amide bonds. The van der Waals surface area contributed by atoms with Crippen molar-refractivity contribution in [2.24, 2.45) is 5.10 Å². The molecule has 0 N–H and O–H groups in total. The Labute approximate surface area is 163 Å². The first-order valence-electron chi connectivity index (χ1n) is 8.56. The number of nitrogens with zero attached hydrogens (tertiary/aromatic N) is 3. The summed E-state index contributed by atoms with van der Waals surface area (Å²) in [7, 11) is 0. The lowest BCUT2D eigenvalue weighted by Crippen LogP contribution is -2.71. The van der Waals surface area contributed by atoms with Crippen LogP contribution in [0.1, 0.15) is 6.92 Å². The summed E-state index contributed by atoms with van der Waals surface area (Å²) in [4.78, 5) is 13.0. The third-order valence-electron chi connectivity index (χ3n) is 4.23. The smallest absolute Gasteiger partial charge is 0.444 e. The van der Waals surface area contributed by atoms with E-state index in [2.05, 4.69) is 5.10 Å². The first kappa shape index (κ1) is 20.6. The van der Waals surface area contributed by atoms with Crippen LogP contribution in [0.2, 0.25) is 0 Å². The number of benzene rings is 2. The molecule has 0 saturated carbocycles. The maximum absolute atomic E-state index is 14.6. The van der Waals surface area contributed by atoms with E-state index in [1.54, 1.807) is 0 Å². The highest BCUT2D eigenvalue weighted by Gasteiger charge is 2.74. The highest BCUT2D eigenvalue weighted by Crippen LogP contribution is 2.48. The van der Waals surface area contributed by atoms with Crippen molar-refractivity contribution in [2.45, 2.75) is 25.2 Å². The molecule has 0 saturated heterocycles. The molecule has 1 aliphatic rings. The minimum Gasteiger partial charge on any atom is -0.463 e. The van der Waals surface area contributed by atoms with Crippen molar-refractivity contribution in [3.63, 3.8) is 0 Å². The van der Waals surface area contributed by atoms with Gasteiger partial charge in [0, 0.05) is 5.69 Å². The average Bonchev–Trinajstić information content (AvgIpc) is 3.07. The van der Waals surface area contributed by atoms with Crippen molar-refractivity contribution in [3.05, 3.63) is 60.7 Å². The van der Waals surface area contributed by atoms with Crippen LogP contribution < -0.4 is 9.91 Å². The van der Waals surface area contributed by atoms with Crippen LogP contribution in [-0.2, 0) is 9.53 Å². The van der Waals surface area contributed by atoms with Gasteiger partial charge in [0.1, 0.15) is 0 Å². The maximum Gasteiger partial charge on any atom is 0.444 e. The second kappa shape index (κ2) is 7.69. The van der Waals surface area contributed by atoms with Crippen LogP contribution in [0.5, 0.6) is 0 Å². The number of amidine groups is 1. The fourth-order valence-corrected chi connectivity index (χ4v) is 3.10. The fourth-order valence-electron chi connectivity index (χ4n) is 3.10. The van der Waals surface area contributed by atoms with Crippen molar-refractivity contribution >= 4 is 23.2 Å². The molecule has 1 atom stereocenters. The monoisotopic (exact) mass is 413 g/mol. The lowest BCUT2D eigenvalue weighted by Gasteiger charge is -2.42. The second-order valence-electron chi connectivity index (χ2n) is 5.97. The van der Waals surface area contributed by atoms with Gasteiger partial charge in [0.2, 0.25) is 0 Å². The molecule has 0 aliphatic carbocycles. The van der Waals surface area contributed by atoms with Crippen LogP contribution >= 0.6 is 0 Å². The topological polar surface area (TPSA) is 45.1 Å². The minimum atomic E-state index is -5.36. The number of hydrogen-bond acceptors (Lipinski definition) is 5. The average molecular weight is 413 g/mol. The molecule has 0 fully saturated rings. The van der Waals surface area contributed by atoms with Crippen LogP contribution in [0.15, 0.2) is 65.8 Å². The van der Waals surface area contributed by atoms with Gasteiger partial charge in [0.05, 0.1) is 12.3 Å². The van der Waals surface area contributed by atoms with E-state index in [1.165, 1.54) is 67.6 Å². The highest BCUT2D eigenvalue weighted by molar-refractivity contribution is 6.11. The Hall–Kier alpha value is -3.17. The zero-order valence-electron chi connectivity index (χ0n) is 15.1. The van der Waals surface area contributed by atoms with Crippen molar-refractivity contribution in [2.75, 3.05) is 16.5 Å². The van der Waals surface area contributed by atoms with Gasteiger partial charge < -0.3 is 4.74 Å². The third-order valence-corrected chi connectivity index (χ3v) is 4.23. The van der Waals surface area contributed by atoms with Crippen molar-refractivity contribution in [1.82, 2.24) is 0 Å². The van der Waals surface area contributed by atoms with Crippen molar-refractivity contribution in [3.8, 4) is 0 Å². The van der Waals surface area contributed by atoms with Crippen molar-refractivity contribution < 1.29 is 31.5 Å². The van der Waals surface area contributed by atoms with Gasteiger partial charge in [-0.1, -0.05) is 36.4 Å². The molecule has 1 aliphatic heterocycles. The quantitative estimate of drug-likeness (QED) is 0.538. The van der Waals surface area contributed by atoms with Crippen LogP contribution in [-0.4, -0.2) is 36.7 Å². The number of para-hydroxylation sites is 2. The maximum atomic E-state index is 14.6. The van der Waals surface area contributed by atoms with E-state index in [4.69, 9.17) is 4.74 Å². The van der Waals surface area contributed by atoms with Gasteiger partial charge in [-0.2, -0.15) is 13.2 Å². The number of carbonyl (C=O) groups excluding carboxylic acids is 1. The van der Waals surface area contributed by atoms with E-state index in [0.29, 0.717) is 0 Å². The van der Waals surface area contributed by atoms with Crippen LogP contribution in [0.3, 0.4) is 0 Å². The lowest BCUT2D eigenvalue weighted by atomic mass is 10.0. The normalized spacial score (nSPS) is 19.5. The Kier molecular flexibility index (Phi) is 5.45. The molecule has 154 valence electrons. The Bertz CT molecular complexity index is 890. The van der Waals surface area contributed by atoms with Crippen LogP contribution in [0, 0.1) is 0 Å². The number of carbonyl (C=O) groups is 1. The van der Waals surface area contributed by atoms with Gasteiger partial charge in [-0.05, 0) is 31.2 Å². The van der Waals surface area contributed by atoms with E-state index in [1.807, 2.05) is 0 Å². The predicted molar refractivity (Wildman–Crippen MR) is 96.7 cm³/mol. The highest BCUT2D eigenvalue weighted by atomic mass is 19.4. The molecular weight excluding hydrogens is 397 g/mol. The number of esters is 1. The van der Waals surface area contributed by atoms with E-state index in [9.17, 15) is 26.7 Å². The van der Waals surface area contributed by atoms with Gasteiger partial charge in [0.15, 0.2) is 5.84 Å². The molecule has 10 heteroatoms. The number of hydrazone groups is 1. The number of rotatable bonds is 5. The molecular formula is C19H16F5N3O2.